The Bertz CT molecular complexity index is 334. The van der Waals surface area contributed by atoms with Gasteiger partial charge in [-0.15, -0.1) is 0 Å². The van der Waals surface area contributed by atoms with Gasteiger partial charge >= 0.3 is 0 Å². The highest BCUT2D eigenvalue weighted by Crippen LogP contribution is 2.46. The third kappa shape index (κ3) is 1.65. The Hall–Kier alpha value is -1.30. The van der Waals surface area contributed by atoms with Crippen molar-refractivity contribution in [3.8, 4) is 6.07 Å². The maximum absolute atomic E-state index is 12.1. The van der Waals surface area contributed by atoms with E-state index in [1.54, 1.807) is 0 Å². The fraction of sp³-hybridized carbons (Fsp3) is 0.667. The van der Waals surface area contributed by atoms with Gasteiger partial charge in [0.1, 0.15) is 5.41 Å². The fourth-order valence-corrected chi connectivity index (χ4v) is 2.57. The number of rotatable bonds is 1. The van der Waals surface area contributed by atoms with E-state index >= 15 is 0 Å². The lowest BCUT2D eigenvalue weighted by Crippen LogP contribution is -2.50. The molecule has 0 N–H and O–H groups in total. The third-order valence-electron chi connectivity index (χ3n) is 3.36. The highest BCUT2D eigenvalue weighted by Gasteiger charge is 2.50. The maximum Gasteiger partial charge on any atom is 0.243 e. The molecule has 80 valence electrons. The average molecular weight is 204 g/mol. The van der Waals surface area contributed by atoms with Crippen molar-refractivity contribution in [3.63, 3.8) is 0 Å². The fourth-order valence-electron chi connectivity index (χ4n) is 2.57. The quantitative estimate of drug-likeness (QED) is 0.610. The van der Waals surface area contributed by atoms with Gasteiger partial charge in [0.15, 0.2) is 0 Å². The van der Waals surface area contributed by atoms with Gasteiger partial charge in [-0.2, -0.15) is 5.26 Å². The molecule has 1 aliphatic carbocycles. The van der Waals surface area contributed by atoms with Crippen LogP contribution in [0.2, 0.25) is 0 Å². The SMILES string of the molecule is CC1CC(C#N)(C(=O)N2CC=CCC2)C1. The van der Waals surface area contributed by atoms with Crippen molar-refractivity contribution in [1.29, 1.82) is 5.26 Å². The normalized spacial score (nSPS) is 34.4. The van der Waals surface area contributed by atoms with Crippen LogP contribution in [0.3, 0.4) is 0 Å². The summed E-state index contributed by atoms with van der Waals surface area (Å²) in [5.41, 5.74) is -0.690. The number of nitriles is 1. The summed E-state index contributed by atoms with van der Waals surface area (Å²) >= 11 is 0. The van der Waals surface area contributed by atoms with Crippen LogP contribution in [0, 0.1) is 22.7 Å². The predicted molar refractivity (Wildman–Crippen MR) is 56.8 cm³/mol. The van der Waals surface area contributed by atoms with E-state index in [1.165, 1.54) is 0 Å². The number of hydrogen-bond donors (Lipinski definition) is 0. The molecule has 3 heteroatoms. The van der Waals surface area contributed by atoms with Gasteiger partial charge in [0, 0.05) is 13.1 Å². The Labute approximate surface area is 90.4 Å². The molecule has 0 aromatic rings. The van der Waals surface area contributed by atoms with Gasteiger partial charge in [0.25, 0.3) is 0 Å². The summed E-state index contributed by atoms with van der Waals surface area (Å²) in [5.74, 6) is 0.571. The van der Waals surface area contributed by atoms with Crippen LogP contribution >= 0.6 is 0 Å². The lowest BCUT2D eigenvalue weighted by atomic mass is 9.62. The van der Waals surface area contributed by atoms with Gasteiger partial charge in [-0.05, 0) is 25.2 Å². The third-order valence-corrected chi connectivity index (χ3v) is 3.36. The molecule has 1 amide bonds. The topological polar surface area (TPSA) is 44.1 Å². The molecule has 1 aliphatic heterocycles. The van der Waals surface area contributed by atoms with E-state index in [-0.39, 0.29) is 5.91 Å². The van der Waals surface area contributed by atoms with Crippen molar-refractivity contribution in [3.05, 3.63) is 12.2 Å². The summed E-state index contributed by atoms with van der Waals surface area (Å²) in [6.07, 6.45) is 6.49. The lowest BCUT2D eigenvalue weighted by Gasteiger charge is -2.42. The predicted octanol–water partition coefficient (Wildman–Crippen LogP) is 1.71. The van der Waals surface area contributed by atoms with E-state index in [9.17, 15) is 4.79 Å². The highest BCUT2D eigenvalue weighted by molar-refractivity contribution is 5.86. The highest BCUT2D eigenvalue weighted by atomic mass is 16.2. The number of carbonyl (C=O) groups excluding carboxylic acids is 1. The van der Waals surface area contributed by atoms with Crippen LogP contribution in [-0.2, 0) is 4.79 Å². The molecule has 15 heavy (non-hydrogen) atoms. The number of carbonyl (C=O) groups is 1. The van der Waals surface area contributed by atoms with Gasteiger partial charge in [-0.25, -0.2) is 0 Å². The Morgan fingerprint density at radius 2 is 2.27 bits per heavy atom. The molecular formula is C12H16N2O. The van der Waals surface area contributed by atoms with Gasteiger partial charge < -0.3 is 4.90 Å². The Balaban J connectivity index is 2.07. The van der Waals surface area contributed by atoms with Crippen LogP contribution in [0.1, 0.15) is 26.2 Å². The number of hydrogen-bond acceptors (Lipinski definition) is 2. The van der Waals surface area contributed by atoms with Crippen molar-refractivity contribution in [1.82, 2.24) is 4.90 Å². The summed E-state index contributed by atoms with van der Waals surface area (Å²) < 4.78 is 0. The minimum atomic E-state index is -0.690. The molecule has 0 atom stereocenters. The largest absolute Gasteiger partial charge is 0.337 e. The van der Waals surface area contributed by atoms with Crippen LogP contribution < -0.4 is 0 Å². The van der Waals surface area contributed by atoms with Gasteiger partial charge in [-0.3, -0.25) is 4.79 Å². The zero-order chi connectivity index (χ0) is 10.9. The Kier molecular flexibility index (Phi) is 2.52. The van der Waals surface area contributed by atoms with Gasteiger partial charge in [0.05, 0.1) is 6.07 Å². The maximum atomic E-state index is 12.1. The summed E-state index contributed by atoms with van der Waals surface area (Å²) in [6.45, 7) is 3.54. The summed E-state index contributed by atoms with van der Waals surface area (Å²) in [7, 11) is 0. The van der Waals surface area contributed by atoms with E-state index in [0.717, 1.165) is 25.8 Å². The second-order valence-corrected chi connectivity index (χ2v) is 4.72. The molecule has 0 aromatic carbocycles. The van der Waals surface area contributed by atoms with Crippen molar-refractivity contribution in [2.75, 3.05) is 13.1 Å². The first-order valence-electron chi connectivity index (χ1n) is 5.53. The first kappa shape index (κ1) is 10.2. The number of amides is 1. The lowest BCUT2D eigenvalue weighted by molar-refractivity contribution is -0.144. The van der Waals surface area contributed by atoms with Crippen LogP contribution in [0.15, 0.2) is 12.2 Å². The molecule has 1 fully saturated rings. The average Bonchev–Trinajstić information content (AvgIpc) is 2.25. The zero-order valence-corrected chi connectivity index (χ0v) is 9.07. The molecule has 0 radical (unpaired) electrons. The molecule has 0 spiro atoms. The summed E-state index contributed by atoms with van der Waals surface area (Å²) in [5, 5.41) is 9.14. The second-order valence-electron chi connectivity index (χ2n) is 4.72. The second kappa shape index (κ2) is 3.69. The minimum Gasteiger partial charge on any atom is -0.337 e. The smallest absolute Gasteiger partial charge is 0.243 e. The van der Waals surface area contributed by atoms with Crippen molar-refractivity contribution >= 4 is 5.91 Å². The number of nitrogens with zero attached hydrogens (tertiary/aromatic N) is 2. The summed E-state index contributed by atoms with van der Waals surface area (Å²) in [6, 6.07) is 2.23. The first-order chi connectivity index (χ1) is 7.18. The van der Waals surface area contributed by atoms with Crippen LogP contribution in [0.25, 0.3) is 0 Å². The molecule has 1 saturated carbocycles. The summed E-state index contributed by atoms with van der Waals surface area (Å²) in [4.78, 5) is 14.0. The van der Waals surface area contributed by atoms with E-state index in [4.69, 9.17) is 5.26 Å². The van der Waals surface area contributed by atoms with Crippen molar-refractivity contribution < 1.29 is 4.79 Å². The molecule has 2 aliphatic rings. The Morgan fingerprint density at radius 3 is 2.73 bits per heavy atom. The molecule has 1 heterocycles. The minimum absolute atomic E-state index is 0.0486. The molecule has 0 saturated heterocycles. The molecule has 3 nitrogen and oxygen atoms in total. The van der Waals surface area contributed by atoms with Crippen molar-refractivity contribution in [2.45, 2.75) is 26.2 Å². The van der Waals surface area contributed by atoms with E-state index in [1.807, 2.05) is 11.0 Å². The van der Waals surface area contributed by atoms with E-state index in [0.29, 0.717) is 12.5 Å². The molecule has 0 aromatic heterocycles. The molecule has 0 unspecified atom stereocenters. The van der Waals surface area contributed by atoms with Crippen LogP contribution in [-0.4, -0.2) is 23.9 Å². The van der Waals surface area contributed by atoms with E-state index < -0.39 is 5.41 Å². The molecule has 0 bridgehead atoms. The Morgan fingerprint density at radius 1 is 1.53 bits per heavy atom. The standard InChI is InChI=1S/C12H16N2O/c1-10-7-12(8-10,9-13)11(15)14-5-3-2-4-6-14/h2-3,10H,4-8H2,1H3. The molecule has 2 rings (SSSR count). The van der Waals surface area contributed by atoms with E-state index in [2.05, 4.69) is 19.1 Å². The monoisotopic (exact) mass is 204 g/mol. The van der Waals surface area contributed by atoms with Crippen LogP contribution in [0.5, 0.6) is 0 Å². The molecular weight excluding hydrogens is 188 g/mol. The zero-order valence-electron chi connectivity index (χ0n) is 9.07. The van der Waals surface area contributed by atoms with Gasteiger partial charge in [-0.1, -0.05) is 19.1 Å². The first-order valence-corrected chi connectivity index (χ1v) is 5.53. The van der Waals surface area contributed by atoms with Gasteiger partial charge in [0.2, 0.25) is 5.91 Å². The van der Waals surface area contributed by atoms with Crippen LogP contribution in [0.4, 0.5) is 0 Å². The van der Waals surface area contributed by atoms with Crippen molar-refractivity contribution in [2.24, 2.45) is 11.3 Å².